The minimum atomic E-state index is -0.879. The number of aromatic nitrogens is 1. The van der Waals surface area contributed by atoms with Gasteiger partial charge in [0.25, 0.3) is 5.91 Å². The van der Waals surface area contributed by atoms with Crippen LogP contribution in [0.5, 0.6) is 0 Å². The third kappa shape index (κ3) is 3.74. The second-order valence-corrected chi connectivity index (χ2v) is 3.19. The Morgan fingerprint density at radius 2 is 2.31 bits per heavy atom. The minimum absolute atomic E-state index is 0.0176. The molecule has 0 spiro atoms. The Labute approximate surface area is 96.7 Å². The summed E-state index contributed by atoms with van der Waals surface area (Å²) in [4.78, 5) is 25.5. The summed E-state index contributed by atoms with van der Waals surface area (Å²) < 4.78 is 4.44. The van der Waals surface area contributed by atoms with Gasteiger partial charge < -0.3 is 15.8 Å². The number of hydrogen-bond acceptors (Lipinski definition) is 4. The topological polar surface area (TPSA) is 94.3 Å². The van der Waals surface area contributed by atoms with Gasteiger partial charge in [0.2, 0.25) is 0 Å². The predicted octanol–water partition coefficient (Wildman–Crippen LogP) is 0.560. The van der Waals surface area contributed by atoms with Crippen LogP contribution in [-0.2, 0) is 4.74 Å². The van der Waals surface area contributed by atoms with Crippen LogP contribution >= 0.6 is 11.6 Å². The first-order valence-electron chi connectivity index (χ1n) is 4.41. The molecule has 3 N–H and O–H groups in total. The Morgan fingerprint density at radius 3 is 2.94 bits per heavy atom. The van der Waals surface area contributed by atoms with Crippen molar-refractivity contribution in [2.24, 2.45) is 5.73 Å². The zero-order valence-electron chi connectivity index (χ0n) is 8.27. The fourth-order valence-electron chi connectivity index (χ4n) is 0.971. The maximum Gasteiger partial charge on any atom is 0.404 e. The molecule has 1 aromatic heterocycles. The van der Waals surface area contributed by atoms with Gasteiger partial charge in [-0.15, -0.1) is 0 Å². The van der Waals surface area contributed by atoms with Gasteiger partial charge in [-0.3, -0.25) is 9.78 Å². The monoisotopic (exact) mass is 243 g/mol. The Hall–Kier alpha value is -1.82. The molecule has 0 fully saturated rings. The highest BCUT2D eigenvalue weighted by molar-refractivity contribution is 6.33. The van der Waals surface area contributed by atoms with Gasteiger partial charge in [0.15, 0.2) is 0 Å². The highest BCUT2D eigenvalue weighted by Gasteiger charge is 2.08. The van der Waals surface area contributed by atoms with Crippen molar-refractivity contribution in [3.8, 4) is 0 Å². The number of amides is 2. The van der Waals surface area contributed by atoms with Crippen LogP contribution in [-0.4, -0.2) is 30.1 Å². The van der Waals surface area contributed by atoms with Gasteiger partial charge >= 0.3 is 6.09 Å². The number of nitrogens with two attached hydrogens (primary N) is 1. The molecule has 86 valence electrons. The Kier molecular flexibility index (Phi) is 4.53. The van der Waals surface area contributed by atoms with Crippen LogP contribution in [0.15, 0.2) is 18.5 Å². The van der Waals surface area contributed by atoms with Crippen LogP contribution in [0.2, 0.25) is 5.02 Å². The van der Waals surface area contributed by atoms with E-state index in [1.807, 2.05) is 0 Å². The van der Waals surface area contributed by atoms with Crippen LogP contribution in [0.3, 0.4) is 0 Å². The molecular weight excluding hydrogens is 234 g/mol. The van der Waals surface area contributed by atoms with Crippen LogP contribution in [0, 0.1) is 0 Å². The zero-order chi connectivity index (χ0) is 12.0. The first kappa shape index (κ1) is 12.3. The SMILES string of the molecule is NC(=O)OCCNC(=O)c1ccncc1Cl. The molecule has 16 heavy (non-hydrogen) atoms. The van der Waals surface area contributed by atoms with Gasteiger partial charge in [0.05, 0.1) is 17.1 Å². The summed E-state index contributed by atoms with van der Waals surface area (Å²) in [5, 5.41) is 2.77. The first-order chi connectivity index (χ1) is 7.61. The third-order valence-electron chi connectivity index (χ3n) is 1.65. The predicted molar refractivity (Wildman–Crippen MR) is 57.1 cm³/mol. The highest BCUT2D eigenvalue weighted by Crippen LogP contribution is 2.12. The van der Waals surface area contributed by atoms with E-state index in [4.69, 9.17) is 17.3 Å². The van der Waals surface area contributed by atoms with E-state index in [0.29, 0.717) is 5.56 Å². The molecule has 0 radical (unpaired) electrons. The molecule has 0 atom stereocenters. The summed E-state index contributed by atoms with van der Waals surface area (Å²) in [5.74, 6) is -0.361. The van der Waals surface area contributed by atoms with E-state index >= 15 is 0 Å². The van der Waals surface area contributed by atoms with Crippen molar-refractivity contribution < 1.29 is 14.3 Å². The molecule has 0 saturated carbocycles. The highest BCUT2D eigenvalue weighted by atomic mass is 35.5. The number of ether oxygens (including phenoxy) is 1. The lowest BCUT2D eigenvalue weighted by molar-refractivity contribution is 0.0937. The molecule has 1 heterocycles. The largest absolute Gasteiger partial charge is 0.448 e. The van der Waals surface area contributed by atoms with Crippen molar-refractivity contribution in [1.82, 2.24) is 10.3 Å². The van der Waals surface area contributed by atoms with Crippen LogP contribution in [0.4, 0.5) is 4.79 Å². The smallest absolute Gasteiger partial charge is 0.404 e. The molecule has 0 aliphatic heterocycles. The van der Waals surface area contributed by atoms with E-state index in [1.165, 1.54) is 18.5 Å². The van der Waals surface area contributed by atoms with Gasteiger partial charge in [0.1, 0.15) is 6.61 Å². The van der Waals surface area contributed by atoms with Gasteiger partial charge in [0, 0.05) is 12.4 Å². The molecule has 0 unspecified atom stereocenters. The molecule has 0 aromatic carbocycles. The van der Waals surface area contributed by atoms with Crippen molar-refractivity contribution in [2.75, 3.05) is 13.2 Å². The summed E-state index contributed by atoms with van der Waals surface area (Å²) in [7, 11) is 0. The van der Waals surface area contributed by atoms with Gasteiger partial charge in [-0.2, -0.15) is 0 Å². The number of nitrogens with zero attached hydrogens (tertiary/aromatic N) is 1. The van der Waals surface area contributed by atoms with E-state index in [-0.39, 0.29) is 24.1 Å². The summed E-state index contributed by atoms with van der Waals surface area (Å²) >= 11 is 5.75. The lowest BCUT2D eigenvalue weighted by Crippen LogP contribution is -2.29. The van der Waals surface area contributed by atoms with Crippen molar-refractivity contribution in [3.05, 3.63) is 29.0 Å². The maximum atomic E-state index is 11.5. The molecular formula is C9H10ClN3O3. The van der Waals surface area contributed by atoms with Crippen molar-refractivity contribution >= 4 is 23.6 Å². The van der Waals surface area contributed by atoms with E-state index in [0.717, 1.165) is 0 Å². The maximum absolute atomic E-state index is 11.5. The summed E-state index contributed by atoms with van der Waals surface area (Å²) in [6.45, 7) is 0.185. The second kappa shape index (κ2) is 5.92. The van der Waals surface area contributed by atoms with Gasteiger partial charge in [-0.1, -0.05) is 11.6 Å². The van der Waals surface area contributed by atoms with E-state index in [9.17, 15) is 9.59 Å². The number of nitrogens with one attached hydrogen (secondary N) is 1. The standard InChI is InChI=1S/C9H10ClN3O3/c10-7-5-12-2-1-6(7)8(14)13-3-4-16-9(11)15/h1-2,5H,3-4H2,(H2,11,15)(H,13,14). The van der Waals surface area contributed by atoms with Gasteiger partial charge in [-0.25, -0.2) is 4.79 Å². The Morgan fingerprint density at radius 1 is 1.56 bits per heavy atom. The average molecular weight is 244 g/mol. The van der Waals surface area contributed by atoms with Gasteiger partial charge in [-0.05, 0) is 6.07 Å². The van der Waals surface area contributed by atoms with E-state index in [2.05, 4.69) is 15.0 Å². The van der Waals surface area contributed by atoms with Crippen molar-refractivity contribution in [3.63, 3.8) is 0 Å². The van der Waals surface area contributed by atoms with E-state index < -0.39 is 6.09 Å². The van der Waals surface area contributed by atoms with Crippen LogP contribution < -0.4 is 11.1 Å². The fraction of sp³-hybridized carbons (Fsp3) is 0.222. The molecule has 1 rings (SSSR count). The number of carbonyl (C=O) groups is 2. The van der Waals surface area contributed by atoms with Crippen molar-refractivity contribution in [1.29, 1.82) is 0 Å². The molecule has 6 nitrogen and oxygen atoms in total. The number of pyridine rings is 1. The Balaban J connectivity index is 2.41. The molecule has 0 bridgehead atoms. The van der Waals surface area contributed by atoms with E-state index in [1.54, 1.807) is 0 Å². The normalized spacial score (nSPS) is 9.56. The molecule has 0 aliphatic carbocycles. The lowest BCUT2D eigenvalue weighted by Gasteiger charge is -2.05. The fourth-order valence-corrected chi connectivity index (χ4v) is 1.18. The summed E-state index contributed by atoms with van der Waals surface area (Å²) in [6, 6.07) is 1.49. The first-order valence-corrected chi connectivity index (χ1v) is 4.79. The summed E-state index contributed by atoms with van der Waals surface area (Å²) in [5.41, 5.74) is 5.06. The zero-order valence-corrected chi connectivity index (χ0v) is 9.03. The second-order valence-electron chi connectivity index (χ2n) is 2.78. The average Bonchev–Trinajstić information content (AvgIpc) is 2.24. The lowest BCUT2D eigenvalue weighted by atomic mass is 10.2. The molecule has 7 heteroatoms. The van der Waals surface area contributed by atoms with Crippen LogP contribution in [0.1, 0.15) is 10.4 Å². The quantitative estimate of drug-likeness (QED) is 0.756. The molecule has 0 saturated heterocycles. The number of primary amides is 1. The molecule has 2 amide bonds. The number of rotatable bonds is 4. The molecule has 0 aliphatic rings. The number of carbonyl (C=O) groups excluding carboxylic acids is 2. The number of halogens is 1. The number of hydrogen-bond donors (Lipinski definition) is 2. The van der Waals surface area contributed by atoms with Crippen molar-refractivity contribution in [2.45, 2.75) is 0 Å². The summed E-state index contributed by atoms with van der Waals surface area (Å²) in [6.07, 6.45) is 1.95. The Bertz CT molecular complexity index is 397. The van der Waals surface area contributed by atoms with Crippen LogP contribution in [0.25, 0.3) is 0 Å². The third-order valence-corrected chi connectivity index (χ3v) is 1.95. The minimum Gasteiger partial charge on any atom is -0.448 e. The molecule has 1 aromatic rings.